The SMILES string of the molecule is CCc1nsc(NCC(O)(C(F)(F)F)C(F)(F)F)n1. The monoisotopic (exact) mass is 309 g/mol. The van der Waals surface area contributed by atoms with Crippen molar-refractivity contribution in [3.05, 3.63) is 5.82 Å². The number of nitrogens with one attached hydrogen (secondary N) is 1. The number of anilines is 1. The van der Waals surface area contributed by atoms with E-state index in [1.165, 1.54) is 0 Å². The predicted molar refractivity (Wildman–Crippen MR) is 54.8 cm³/mol. The van der Waals surface area contributed by atoms with Crippen LogP contribution in [-0.4, -0.2) is 39.0 Å². The first-order valence-electron chi connectivity index (χ1n) is 4.93. The molecule has 1 rings (SSSR count). The third kappa shape index (κ3) is 3.26. The molecule has 0 aliphatic carbocycles. The smallest absolute Gasteiger partial charge is 0.372 e. The van der Waals surface area contributed by atoms with E-state index in [1.54, 1.807) is 6.92 Å². The van der Waals surface area contributed by atoms with Gasteiger partial charge in [-0.2, -0.15) is 30.7 Å². The molecule has 0 amide bonds. The van der Waals surface area contributed by atoms with E-state index in [-0.39, 0.29) is 11.0 Å². The van der Waals surface area contributed by atoms with E-state index in [2.05, 4.69) is 9.36 Å². The number of rotatable bonds is 4. The first-order valence-corrected chi connectivity index (χ1v) is 5.71. The lowest BCUT2D eigenvalue weighted by molar-refractivity contribution is -0.362. The van der Waals surface area contributed by atoms with Crippen molar-refractivity contribution in [2.75, 3.05) is 11.9 Å². The molecule has 11 heteroatoms. The summed E-state index contributed by atoms with van der Waals surface area (Å²) in [6, 6.07) is 0. The summed E-state index contributed by atoms with van der Waals surface area (Å²) >= 11 is 0.618. The van der Waals surface area contributed by atoms with Gasteiger partial charge in [-0.05, 0) is 0 Å². The number of halogens is 6. The first-order chi connectivity index (χ1) is 8.51. The Morgan fingerprint density at radius 2 is 1.68 bits per heavy atom. The van der Waals surface area contributed by atoms with Gasteiger partial charge in [0.15, 0.2) is 0 Å². The zero-order valence-corrected chi connectivity index (χ0v) is 10.2. The molecule has 0 unspecified atom stereocenters. The van der Waals surface area contributed by atoms with Crippen molar-refractivity contribution in [1.82, 2.24) is 9.36 Å². The Morgan fingerprint density at radius 1 is 1.16 bits per heavy atom. The van der Waals surface area contributed by atoms with Gasteiger partial charge in [0.2, 0.25) is 5.13 Å². The zero-order chi connectivity index (χ0) is 14.9. The Balaban J connectivity index is 2.86. The van der Waals surface area contributed by atoms with E-state index in [1.807, 2.05) is 5.32 Å². The van der Waals surface area contributed by atoms with Crippen molar-refractivity contribution < 1.29 is 31.4 Å². The summed E-state index contributed by atoms with van der Waals surface area (Å²) in [7, 11) is 0. The molecule has 0 bridgehead atoms. The van der Waals surface area contributed by atoms with Crippen LogP contribution >= 0.6 is 11.5 Å². The number of aromatic nitrogens is 2. The average Bonchev–Trinajstić information content (AvgIpc) is 2.70. The maximum absolute atomic E-state index is 12.3. The molecule has 1 aromatic rings. The van der Waals surface area contributed by atoms with Gasteiger partial charge >= 0.3 is 12.4 Å². The highest BCUT2D eigenvalue weighted by atomic mass is 32.1. The maximum atomic E-state index is 12.3. The van der Waals surface area contributed by atoms with Crippen LogP contribution in [0.3, 0.4) is 0 Å². The van der Waals surface area contributed by atoms with Crippen LogP contribution in [0.25, 0.3) is 0 Å². The molecule has 0 aromatic carbocycles. The molecule has 0 aliphatic rings. The molecule has 4 nitrogen and oxygen atoms in total. The summed E-state index contributed by atoms with van der Waals surface area (Å²) in [5.41, 5.74) is -4.84. The van der Waals surface area contributed by atoms with E-state index in [9.17, 15) is 26.3 Å². The highest BCUT2D eigenvalue weighted by Crippen LogP contribution is 2.43. The molecule has 0 saturated heterocycles. The molecular formula is C8H9F6N3OS. The van der Waals surface area contributed by atoms with Crippen molar-refractivity contribution >= 4 is 16.7 Å². The standard InChI is InChI=1S/C8H9F6N3OS/c1-2-4-16-5(19-17-4)15-3-6(18,7(9,10)11)8(12,13)14/h18H,2-3H2,1H3,(H,15,16,17). The summed E-state index contributed by atoms with van der Waals surface area (Å²) in [6.07, 6.45) is -11.3. The van der Waals surface area contributed by atoms with Gasteiger partial charge in [0.1, 0.15) is 5.82 Å². The topological polar surface area (TPSA) is 58.0 Å². The van der Waals surface area contributed by atoms with Gasteiger partial charge in [-0.1, -0.05) is 6.92 Å². The van der Waals surface area contributed by atoms with Crippen molar-refractivity contribution in [2.45, 2.75) is 31.3 Å². The summed E-state index contributed by atoms with van der Waals surface area (Å²) in [5, 5.41) is 10.4. The van der Waals surface area contributed by atoms with Crippen molar-refractivity contribution in [2.24, 2.45) is 0 Å². The van der Waals surface area contributed by atoms with Crippen LogP contribution in [0.5, 0.6) is 0 Å². The molecule has 1 heterocycles. The van der Waals surface area contributed by atoms with Crippen molar-refractivity contribution in [3.63, 3.8) is 0 Å². The largest absolute Gasteiger partial charge is 0.428 e. The number of hydrogen-bond acceptors (Lipinski definition) is 5. The third-order valence-corrected chi connectivity index (χ3v) is 2.93. The fourth-order valence-electron chi connectivity index (χ4n) is 1.03. The third-order valence-electron chi connectivity index (χ3n) is 2.22. The molecule has 0 saturated carbocycles. The molecule has 0 spiro atoms. The minimum atomic E-state index is -5.85. The lowest BCUT2D eigenvalue weighted by atomic mass is 10.0. The van der Waals surface area contributed by atoms with Gasteiger partial charge in [-0.25, -0.2) is 4.98 Å². The quantitative estimate of drug-likeness (QED) is 0.838. The van der Waals surface area contributed by atoms with E-state index in [0.29, 0.717) is 18.0 Å². The molecule has 0 aliphatic heterocycles. The molecule has 2 N–H and O–H groups in total. The average molecular weight is 309 g/mol. The van der Waals surface area contributed by atoms with Gasteiger partial charge in [0, 0.05) is 18.0 Å². The summed E-state index contributed by atoms with van der Waals surface area (Å²) in [4.78, 5) is 3.65. The summed E-state index contributed by atoms with van der Waals surface area (Å²) in [6.45, 7) is -0.105. The second-order valence-corrected chi connectivity index (χ2v) is 4.33. The van der Waals surface area contributed by atoms with E-state index in [4.69, 9.17) is 5.11 Å². The van der Waals surface area contributed by atoms with Gasteiger partial charge in [0.25, 0.3) is 5.60 Å². The number of aliphatic hydroxyl groups is 1. The van der Waals surface area contributed by atoms with Crippen LogP contribution in [-0.2, 0) is 6.42 Å². The molecule has 110 valence electrons. The van der Waals surface area contributed by atoms with E-state index < -0.39 is 24.5 Å². The maximum Gasteiger partial charge on any atom is 0.428 e. The molecule has 0 radical (unpaired) electrons. The minimum Gasteiger partial charge on any atom is -0.372 e. The molecular weight excluding hydrogens is 300 g/mol. The lowest BCUT2D eigenvalue weighted by Crippen LogP contribution is -2.61. The van der Waals surface area contributed by atoms with Crippen LogP contribution in [0.4, 0.5) is 31.5 Å². The Morgan fingerprint density at radius 3 is 2.05 bits per heavy atom. The Labute approximate surface area is 107 Å². The second-order valence-electron chi connectivity index (χ2n) is 3.58. The lowest BCUT2D eigenvalue weighted by Gasteiger charge is -2.32. The Bertz CT molecular complexity index is 415. The van der Waals surface area contributed by atoms with Crippen LogP contribution in [0.15, 0.2) is 0 Å². The van der Waals surface area contributed by atoms with Crippen molar-refractivity contribution in [1.29, 1.82) is 0 Å². The van der Waals surface area contributed by atoms with Gasteiger partial charge in [-0.3, -0.25) is 0 Å². The van der Waals surface area contributed by atoms with E-state index >= 15 is 0 Å². The van der Waals surface area contributed by atoms with Crippen LogP contribution in [0.2, 0.25) is 0 Å². The van der Waals surface area contributed by atoms with Crippen LogP contribution in [0, 0.1) is 0 Å². The fourth-order valence-corrected chi connectivity index (χ4v) is 1.68. The van der Waals surface area contributed by atoms with Crippen molar-refractivity contribution in [3.8, 4) is 0 Å². The number of aryl methyl sites for hydroxylation is 1. The summed E-state index contributed by atoms with van der Waals surface area (Å²) < 4.78 is 77.7. The highest BCUT2D eigenvalue weighted by Gasteiger charge is 2.70. The second kappa shape index (κ2) is 5.12. The molecule has 0 fully saturated rings. The zero-order valence-electron chi connectivity index (χ0n) is 9.43. The fraction of sp³-hybridized carbons (Fsp3) is 0.750. The molecule has 1 aromatic heterocycles. The normalized spacial score (nSPS) is 13.7. The predicted octanol–water partition coefficient (Wildman–Crippen LogP) is 2.37. The first kappa shape index (κ1) is 16.0. The van der Waals surface area contributed by atoms with Gasteiger partial charge < -0.3 is 10.4 Å². The molecule has 19 heavy (non-hydrogen) atoms. The Kier molecular flexibility index (Phi) is 4.30. The van der Waals surface area contributed by atoms with E-state index in [0.717, 1.165) is 0 Å². The number of nitrogens with zero attached hydrogens (tertiary/aromatic N) is 2. The molecule has 0 atom stereocenters. The van der Waals surface area contributed by atoms with Crippen LogP contribution in [0.1, 0.15) is 12.7 Å². The van der Waals surface area contributed by atoms with Crippen LogP contribution < -0.4 is 5.32 Å². The highest BCUT2D eigenvalue weighted by molar-refractivity contribution is 7.09. The summed E-state index contributed by atoms with van der Waals surface area (Å²) in [5.74, 6) is 0.287. The van der Waals surface area contributed by atoms with Gasteiger partial charge in [0.05, 0.1) is 6.54 Å². The van der Waals surface area contributed by atoms with Gasteiger partial charge in [-0.15, -0.1) is 0 Å². The number of hydrogen-bond donors (Lipinski definition) is 2. The number of alkyl halides is 6. The Hall–Kier alpha value is -1.10. The minimum absolute atomic E-state index is 0.219.